The van der Waals surface area contributed by atoms with E-state index in [1.165, 1.54) is 11.1 Å². The largest absolute Gasteiger partial charge is 0.323 e. The number of hydrogen-bond acceptors (Lipinski definition) is 2. The van der Waals surface area contributed by atoms with E-state index in [1.54, 1.807) is 0 Å². The van der Waals surface area contributed by atoms with Crippen molar-refractivity contribution in [3.05, 3.63) is 65.2 Å². The van der Waals surface area contributed by atoms with Gasteiger partial charge in [0.1, 0.15) is 0 Å². The van der Waals surface area contributed by atoms with Crippen LogP contribution in [-0.4, -0.2) is 9.46 Å². The van der Waals surface area contributed by atoms with Gasteiger partial charge in [0.25, 0.3) is 0 Å². The molecule has 0 heterocycles. The minimum Gasteiger partial charge on any atom is -0.323 e. The normalized spacial score (nSPS) is 23.1. The van der Waals surface area contributed by atoms with Crippen LogP contribution in [0.25, 0.3) is 0 Å². The number of benzene rings is 2. The molecule has 3 rings (SSSR count). The molecule has 21 heavy (non-hydrogen) atoms. The van der Waals surface area contributed by atoms with Gasteiger partial charge in [0.2, 0.25) is 0 Å². The third-order valence-electron chi connectivity index (χ3n) is 4.33. The van der Waals surface area contributed by atoms with Gasteiger partial charge in [0.05, 0.1) is 16.0 Å². The number of hydrogen-bond donors (Lipinski definition) is 1. The average Bonchev–Trinajstić information content (AvgIpc) is 2.67. The van der Waals surface area contributed by atoms with E-state index in [4.69, 9.17) is 5.73 Å². The predicted octanol–water partition coefficient (Wildman–Crippen LogP) is 3.51. The molecule has 1 aliphatic rings. The molecule has 110 valence electrons. The van der Waals surface area contributed by atoms with E-state index in [-0.39, 0.29) is 11.3 Å². The maximum atomic E-state index is 13.0. The van der Waals surface area contributed by atoms with E-state index in [2.05, 4.69) is 18.2 Å². The van der Waals surface area contributed by atoms with E-state index in [1.807, 2.05) is 37.3 Å². The molecule has 2 aromatic rings. The van der Waals surface area contributed by atoms with E-state index in [0.29, 0.717) is 0 Å². The summed E-state index contributed by atoms with van der Waals surface area (Å²) in [4.78, 5) is 0.928. The highest BCUT2D eigenvalue weighted by Gasteiger charge is 2.30. The average molecular weight is 299 g/mol. The zero-order valence-corrected chi connectivity index (χ0v) is 13.1. The highest BCUT2D eigenvalue weighted by Crippen LogP contribution is 2.32. The van der Waals surface area contributed by atoms with Crippen molar-refractivity contribution in [3.8, 4) is 0 Å². The van der Waals surface area contributed by atoms with Crippen molar-refractivity contribution in [3.63, 3.8) is 0 Å². The van der Waals surface area contributed by atoms with Crippen molar-refractivity contribution in [2.24, 2.45) is 5.73 Å². The highest BCUT2D eigenvalue weighted by atomic mass is 32.2. The first-order valence-corrected chi connectivity index (χ1v) is 8.69. The molecule has 3 heteroatoms. The Balaban J connectivity index is 1.96. The predicted molar refractivity (Wildman–Crippen MR) is 87.7 cm³/mol. The molecule has 0 saturated carbocycles. The smallest absolute Gasteiger partial charge is 0.0587 e. The molecule has 0 aliphatic heterocycles. The fourth-order valence-corrected chi connectivity index (χ4v) is 4.86. The molecule has 0 amide bonds. The van der Waals surface area contributed by atoms with Crippen molar-refractivity contribution in [1.29, 1.82) is 0 Å². The lowest BCUT2D eigenvalue weighted by molar-refractivity contribution is 0.596. The molecule has 1 aliphatic carbocycles. The zero-order valence-electron chi connectivity index (χ0n) is 12.3. The van der Waals surface area contributed by atoms with Crippen LogP contribution >= 0.6 is 0 Å². The molecule has 2 aromatic carbocycles. The summed E-state index contributed by atoms with van der Waals surface area (Å²) in [7, 11) is -1.05. The van der Waals surface area contributed by atoms with Crippen molar-refractivity contribution < 1.29 is 4.21 Å². The van der Waals surface area contributed by atoms with Gasteiger partial charge in [-0.1, -0.05) is 42.5 Å². The van der Waals surface area contributed by atoms with Crippen LogP contribution < -0.4 is 5.73 Å². The van der Waals surface area contributed by atoms with Crippen LogP contribution in [0.15, 0.2) is 53.4 Å². The summed E-state index contributed by atoms with van der Waals surface area (Å²) in [5, 5.41) is -0.00486. The van der Waals surface area contributed by atoms with Gasteiger partial charge in [-0.15, -0.1) is 0 Å². The molecule has 3 atom stereocenters. The molecular formula is C18H21NOS. The Labute approximate surface area is 128 Å². The molecule has 0 aromatic heterocycles. The second kappa shape index (κ2) is 6.12. The van der Waals surface area contributed by atoms with Gasteiger partial charge in [-0.05, 0) is 48.9 Å². The molecule has 3 unspecified atom stereocenters. The second-order valence-electron chi connectivity index (χ2n) is 5.72. The topological polar surface area (TPSA) is 43.1 Å². The minimum atomic E-state index is -1.05. The minimum absolute atomic E-state index is 0.00486. The molecule has 0 spiro atoms. The van der Waals surface area contributed by atoms with Gasteiger partial charge < -0.3 is 5.73 Å². The molecule has 0 saturated heterocycles. The highest BCUT2D eigenvalue weighted by molar-refractivity contribution is 7.85. The Morgan fingerprint density at radius 3 is 2.62 bits per heavy atom. The van der Waals surface area contributed by atoms with Gasteiger partial charge in [0.15, 0.2) is 0 Å². The summed E-state index contributed by atoms with van der Waals surface area (Å²) < 4.78 is 13.0. The molecule has 2 N–H and O–H groups in total. The summed E-state index contributed by atoms with van der Waals surface area (Å²) in [6, 6.07) is 16.1. The first-order chi connectivity index (χ1) is 10.2. The monoisotopic (exact) mass is 299 g/mol. The van der Waals surface area contributed by atoms with Gasteiger partial charge in [-0.3, -0.25) is 4.21 Å². The SMILES string of the molecule is Cc1ccccc1S(=O)C1CCCc2ccccc2C1N. The second-order valence-corrected chi connectivity index (χ2v) is 7.36. The van der Waals surface area contributed by atoms with Crippen LogP contribution in [0.1, 0.15) is 35.6 Å². The summed E-state index contributed by atoms with van der Waals surface area (Å²) >= 11 is 0. The first kappa shape index (κ1) is 14.5. The Hall–Kier alpha value is -1.45. The maximum Gasteiger partial charge on any atom is 0.0587 e. The van der Waals surface area contributed by atoms with Crippen molar-refractivity contribution >= 4 is 10.8 Å². The number of nitrogens with two attached hydrogens (primary N) is 1. The third-order valence-corrected chi connectivity index (χ3v) is 6.31. The summed E-state index contributed by atoms with van der Waals surface area (Å²) in [6.45, 7) is 2.02. The lowest BCUT2D eigenvalue weighted by Crippen LogP contribution is -2.30. The molecule has 2 nitrogen and oxygen atoms in total. The Kier molecular flexibility index (Phi) is 4.22. The van der Waals surface area contributed by atoms with Crippen LogP contribution in [0.4, 0.5) is 0 Å². The summed E-state index contributed by atoms with van der Waals surface area (Å²) in [5.74, 6) is 0. The van der Waals surface area contributed by atoms with Crippen LogP contribution in [0.5, 0.6) is 0 Å². The van der Waals surface area contributed by atoms with Crippen molar-refractivity contribution in [1.82, 2.24) is 0 Å². The Morgan fingerprint density at radius 2 is 1.81 bits per heavy atom. The summed E-state index contributed by atoms with van der Waals surface area (Å²) in [5.41, 5.74) is 10.1. The van der Waals surface area contributed by atoms with Gasteiger partial charge in [-0.25, -0.2) is 0 Å². The third kappa shape index (κ3) is 2.81. The van der Waals surface area contributed by atoms with E-state index in [0.717, 1.165) is 29.7 Å². The number of fused-ring (bicyclic) bond motifs is 1. The molecular weight excluding hydrogens is 278 g/mol. The fourth-order valence-electron chi connectivity index (χ4n) is 3.15. The van der Waals surface area contributed by atoms with Crippen molar-refractivity contribution in [2.75, 3.05) is 0 Å². The van der Waals surface area contributed by atoms with E-state index in [9.17, 15) is 4.21 Å². The van der Waals surface area contributed by atoms with E-state index >= 15 is 0 Å². The van der Waals surface area contributed by atoms with Gasteiger partial charge >= 0.3 is 0 Å². The van der Waals surface area contributed by atoms with Gasteiger partial charge in [-0.2, -0.15) is 0 Å². The molecule has 0 radical (unpaired) electrons. The van der Waals surface area contributed by atoms with Gasteiger partial charge in [0, 0.05) is 10.9 Å². The molecule has 0 bridgehead atoms. The van der Waals surface area contributed by atoms with Crippen LogP contribution in [0, 0.1) is 6.92 Å². The quantitative estimate of drug-likeness (QED) is 0.862. The van der Waals surface area contributed by atoms with E-state index < -0.39 is 10.8 Å². The lowest BCUT2D eigenvalue weighted by Gasteiger charge is -2.23. The van der Waals surface area contributed by atoms with Crippen LogP contribution in [0.2, 0.25) is 0 Å². The zero-order chi connectivity index (χ0) is 14.8. The fraction of sp³-hybridized carbons (Fsp3) is 0.333. The number of aryl methyl sites for hydroxylation is 2. The lowest BCUT2D eigenvalue weighted by atomic mass is 10.00. The molecule has 0 fully saturated rings. The van der Waals surface area contributed by atoms with Crippen LogP contribution in [-0.2, 0) is 17.2 Å². The first-order valence-electron chi connectivity index (χ1n) is 7.48. The summed E-state index contributed by atoms with van der Waals surface area (Å²) in [6.07, 6.45) is 3.00. The Bertz CT molecular complexity index is 668. The van der Waals surface area contributed by atoms with Crippen molar-refractivity contribution in [2.45, 2.75) is 42.4 Å². The maximum absolute atomic E-state index is 13.0. The Morgan fingerprint density at radius 1 is 1.10 bits per heavy atom. The van der Waals surface area contributed by atoms with Crippen LogP contribution in [0.3, 0.4) is 0 Å². The number of rotatable bonds is 2. The standard InChI is InChI=1S/C18H21NOS/c1-13-7-2-5-11-16(13)21(20)17-12-6-9-14-8-3-4-10-15(14)18(17)19/h2-5,7-8,10-11,17-18H,6,9,12,19H2,1H3.